The molecule has 1 atom stereocenters. The zero-order valence-electron chi connectivity index (χ0n) is 6.75. The van der Waals surface area contributed by atoms with Gasteiger partial charge in [0.15, 0.2) is 6.10 Å². The molecule has 0 spiro atoms. The first-order valence-electron chi connectivity index (χ1n) is 3.88. The van der Waals surface area contributed by atoms with Crippen molar-refractivity contribution in [1.82, 2.24) is 0 Å². The van der Waals surface area contributed by atoms with Gasteiger partial charge in [-0.1, -0.05) is 11.8 Å². The van der Waals surface area contributed by atoms with Crippen LogP contribution in [0.4, 0.5) is 4.39 Å². The number of hydrogen-bond acceptors (Lipinski definition) is 2. The molecule has 0 radical (unpaired) electrons. The van der Waals surface area contributed by atoms with Gasteiger partial charge in [0.1, 0.15) is 11.6 Å². The molecule has 66 valence electrons. The summed E-state index contributed by atoms with van der Waals surface area (Å²) in [6.07, 6.45) is -0.488. The third kappa shape index (κ3) is 1.49. The summed E-state index contributed by atoms with van der Waals surface area (Å²) in [7, 11) is 0. The standard InChI is InChI=1S/C10H7FO2/c11-8-2-4-10-7(5-8)1-3-9(6-12)13-10/h2,4-5,9,12H,6H2. The molecule has 1 unspecified atom stereocenters. The van der Waals surface area contributed by atoms with Crippen molar-refractivity contribution >= 4 is 0 Å². The Balaban J connectivity index is 2.40. The molecular formula is C10H7FO2. The summed E-state index contributed by atoms with van der Waals surface area (Å²) in [5.41, 5.74) is 0.532. The SMILES string of the molecule is OCC1C#Cc2cc(F)ccc2O1. The maximum Gasteiger partial charge on any atom is 0.182 e. The quantitative estimate of drug-likeness (QED) is 0.648. The normalized spacial score (nSPS) is 18.2. The minimum Gasteiger partial charge on any atom is -0.474 e. The fraction of sp³-hybridized carbons (Fsp3) is 0.200. The van der Waals surface area contributed by atoms with Crippen LogP contribution < -0.4 is 4.74 Å². The molecule has 0 aliphatic carbocycles. The Morgan fingerprint density at radius 1 is 1.54 bits per heavy atom. The lowest BCUT2D eigenvalue weighted by molar-refractivity contribution is 0.154. The molecule has 13 heavy (non-hydrogen) atoms. The summed E-state index contributed by atoms with van der Waals surface area (Å²) < 4.78 is 17.9. The average Bonchev–Trinajstić information content (AvgIpc) is 2.17. The van der Waals surface area contributed by atoms with Gasteiger partial charge in [-0.2, -0.15) is 0 Å². The van der Waals surface area contributed by atoms with Crippen LogP contribution >= 0.6 is 0 Å². The monoisotopic (exact) mass is 178 g/mol. The summed E-state index contributed by atoms with van der Waals surface area (Å²) in [6.45, 7) is -0.149. The van der Waals surface area contributed by atoms with Crippen LogP contribution in [0.15, 0.2) is 18.2 Å². The number of fused-ring (bicyclic) bond motifs is 1. The third-order valence-corrected chi connectivity index (χ3v) is 1.74. The van der Waals surface area contributed by atoms with Gasteiger partial charge < -0.3 is 9.84 Å². The first-order valence-corrected chi connectivity index (χ1v) is 3.88. The van der Waals surface area contributed by atoms with Gasteiger partial charge in [-0.15, -0.1) is 0 Å². The molecule has 0 saturated heterocycles. The van der Waals surface area contributed by atoms with Gasteiger partial charge in [0.05, 0.1) is 12.2 Å². The van der Waals surface area contributed by atoms with Crippen LogP contribution in [0.3, 0.4) is 0 Å². The number of halogens is 1. The van der Waals surface area contributed by atoms with E-state index in [0.717, 1.165) is 0 Å². The van der Waals surface area contributed by atoms with Crippen molar-refractivity contribution in [3.63, 3.8) is 0 Å². The molecule has 1 aromatic carbocycles. The fourth-order valence-corrected chi connectivity index (χ4v) is 1.13. The second kappa shape index (κ2) is 3.08. The van der Waals surface area contributed by atoms with Crippen LogP contribution in [-0.2, 0) is 0 Å². The molecule has 1 heterocycles. The highest BCUT2D eigenvalue weighted by molar-refractivity contribution is 5.49. The number of benzene rings is 1. The van der Waals surface area contributed by atoms with Gasteiger partial charge in [-0.05, 0) is 18.2 Å². The van der Waals surface area contributed by atoms with Gasteiger partial charge >= 0.3 is 0 Å². The largest absolute Gasteiger partial charge is 0.474 e. The molecule has 1 aromatic rings. The Morgan fingerprint density at radius 3 is 3.15 bits per heavy atom. The number of aliphatic hydroxyl groups excluding tert-OH is 1. The molecule has 3 heteroatoms. The molecular weight excluding hydrogens is 171 g/mol. The van der Waals surface area contributed by atoms with Crippen LogP contribution in [-0.4, -0.2) is 17.8 Å². The van der Waals surface area contributed by atoms with Crippen molar-refractivity contribution in [2.75, 3.05) is 6.61 Å². The first-order chi connectivity index (χ1) is 6.29. The van der Waals surface area contributed by atoms with Gasteiger partial charge in [0.2, 0.25) is 0 Å². The summed E-state index contributed by atoms with van der Waals surface area (Å²) in [5.74, 6) is 5.59. The van der Waals surface area contributed by atoms with E-state index in [1.54, 1.807) is 0 Å². The van der Waals surface area contributed by atoms with Crippen molar-refractivity contribution in [3.8, 4) is 17.6 Å². The van der Waals surface area contributed by atoms with E-state index in [0.29, 0.717) is 11.3 Å². The van der Waals surface area contributed by atoms with Crippen LogP contribution in [0.1, 0.15) is 5.56 Å². The van der Waals surface area contributed by atoms with Crippen LogP contribution in [0.25, 0.3) is 0 Å². The number of hydrogen-bond donors (Lipinski definition) is 1. The van der Waals surface area contributed by atoms with Gasteiger partial charge in [-0.25, -0.2) is 4.39 Å². The van der Waals surface area contributed by atoms with Gasteiger partial charge in [-0.3, -0.25) is 0 Å². The maximum absolute atomic E-state index is 12.7. The fourth-order valence-electron chi connectivity index (χ4n) is 1.13. The second-order valence-electron chi connectivity index (χ2n) is 2.70. The smallest absolute Gasteiger partial charge is 0.182 e. The Hall–Kier alpha value is -1.53. The van der Waals surface area contributed by atoms with Crippen molar-refractivity contribution in [2.24, 2.45) is 0 Å². The van der Waals surface area contributed by atoms with E-state index in [-0.39, 0.29) is 12.4 Å². The first kappa shape index (κ1) is 8.09. The molecule has 1 N–H and O–H groups in total. The molecule has 1 aliphatic rings. The van der Waals surface area contributed by atoms with Gasteiger partial charge in [0.25, 0.3) is 0 Å². The van der Waals surface area contributed by atoms with E-state index in [4.69, 9.17) is 9.84 Å². The minimum absolute atomic E-state index is 0.149. The lowest BCUT2D eigenvalue weighted by atomic mass is 10.1. The summed E-state index contributed by atoms with van der Waals surface area (Å²) >= 11 is 0. The summed E-state index contributed by atoms with van der Waals surface area (Å²) in [6, 6.07) is 4.14. The van der Waals surface area contributed by atoms with E-state index in [1.807, 2.05) is 0 Å². The van der Waals surface area contributed by atoms with E-state index in [9.17, 15) is 4.39 Å². The highest BCUT2D eigenvalue weighted by atomic mass is 19.1. The number of ether oxygens (including phenoxy) is 1. The molecule has 2 rings (SSSR count). The minimum atomic E-state index is -0.488. The third-order valence-electron chi connectivity index (χ3n) is 1.74. The summed E-state index contributed by atoms with van der Waals surface area (Å²) in [5, 5.41) is 8.77. The van der Waals surface area contributed by atoms with Crippen LogP contribution in [0.5, 0.6) is 5.75 Å². The second-order valence-corrected chi connectivity index (χ2v) is 2.70. The molecule has 0 amide bonds. The number of aliphatic hydroxyl groups is 1. The molecule has 0 bridgehead atoms. The molecule has 2 nitrogen and oxygen atoms in total. The maximum atomic E-state index is 12.7. The Morgan fingerprint density at radius 2 is 2.38 bits per heavy atom. The Bertz CT molecular complexity index is 390. The summed E-state index contributed by atoms with van der Waals surface area (Å²) in [4.78, 5) is 0. The van der Waals surface area contributed by atoms with Gasteiger partial charge in [0, 0.05) is 0 Å². The van der Waals surface area contributed by atoms with Crippen molar-refractivity contribution in [2.45, 2.75) is 6.10 Å². The molecule has 0 saturated carbocycles. The van der Waals surface area contributed by atoms with Crippen molar-refractivity contribution in [3.05, 3.63) is 29.6 Å². The molecule has 0 fully saturated rings. The van der Waals surface area contributed by atoms with Crippen molar-refractivity contribution < 1.29 is 14.2 Å². The highest BCUT2D eigenvalue weighted by Gasteiger charge is 2.13. The predicted octanol–water partition coefficient (Wildman–Crippen LogP) is 0.931. The topological polar surface area (TPSA) is 29.5 Å². The van der Waals surface area contributed by atoms with Crippen LogP contribution in [0.2, 0.25) is 0 Å². The van der Waals surface area contributed by atoms with Crippen LogP contribution in [0, 0.1) is 17.7 Å². The van der Waals surface area contributed by atoms with Crippen molar-refractivity contribution in [1.29, 1.82) is 0 Å². The molecule has 0 aromatic heterocycles. The van der Waals surface area contributed by atoms with E-state index in [2.05, 4.69) is 11.8 Å². The molecule has 1 aliphatic heterocycles. The predicted molar refractivity (Wildman–Crippen MR) is 44.8 cm³/mol. The lowest BCUT2D eigenvalue weighted by Crippen LogP contribution is -2.21. The van der Waals surface area contributed by atoms with E-state index >= 15 is 0 Å². The van der Waals surface area contributed by atoms with E-state index in [1.165, 1.54) is 18.2 Å². The Kier molecular flexibility index (Phi) is 1.91. The zero-order valence-corrected chi connectivity index (χ0v) is 6.75. The zero-order chi connectivity index (χ0) is 9.26. The highest BCUT2D eigenvalue weighted by Crippen LogP contribution is 2.22. The van der Waals surface area contributed by atoms with E-state index < -0.39 is 6.10 Å². The lowest BCUT2D eigenvalue weighted by Gasteiger charge is -2.16. The Labute approximate surface area is 75.0 Å². The number of rotatable bonds is 1. The average molecular weight is 178 g/mol.